The molecule has 0 saturated heterocycles. The summed E-state index contributed by atoms with van der Waals surface area (Å²) in [5, 5.41) is 10.3. The van der Waals surface area contributed by atoms with Gasteiger partial charge in [-0.2, -0.15) is 0 Å². The number of imide groups is 1. The molecule has 0 aliphatic rings. The molecule has 6 heteroatoms. The molecule has 0 aliphatic carbocycles. The normalized spacial score (nSPS) is 11.8. The molecular weight excluding hydrogens is 346 g/mol. The minimum atomic E-state index is -0.440. The lowest BCUT2D eigenvalue weighted by Gasteiger charge is -2.18. The van der Waals surface area contributed by atoms with Crippen molar-refractivity contribution in [3.8, 4) is 0 Å². The summed E-state index contributed by atoms with van der Waals surface area (Å²) in [5.41, 5.74) is 2.38. The van der Waals surface area contributed by atoms with Crippen molar-refractivity contribution in [1.29, 1.82) is 0 Å². The van der Waals surface area contributed by atoms with Gasteiger partial charge < -0.3 is 5.32 Å². The van der Waals surface area contributed by atoms with Crippen LogP contribution >= 0.6 is 11.3 Å². The fourth-order valence-electron chi connectivity index (χ4n) is 2.57. The Hall–Kier alpha value is -2.18. The molecule has 0 saturated carbocycles. The molecule has 0 bridgehead atoms. The summed E-state index contributed by atoms with van der Waals surface area (Å²) in [7, 11) is 0. The average molecular weight is 374 g/mol. The van der Waals surface area contributed by atoms with Crippen LogP contribution in [0.25, 0.3) is 0 Å². The zero-order chi connectivity index (χ0) is 18.8. The number of hydrogen-bond donors (Lipinski definition) is 3. The minimum absolute atomic E-state index is 0.0687. The third kappa shape index (κ3) is 6.28. The van der Waals surface area contributed by atoms with E-state index in [1.165, 1.54) is 5.56 Å². The van der Waals surface area contributed by atoms with Gasteiger partial charge in [0.25, 0.3) is 0 Å². The summed E-state index contributed by atoms with van der Waals surface area (Å²) >= 11 is 1.64. The molecule has 5 nitrogen and oxygen atoms in total. The van der Waals surface area contributed by atoms with Crippen molar-refractivity contribution in [2.75, 3.05) is 13.1 Å². The van der Waals surface area contributed by atoms with Gasteiger partial charge in [-0.25, -0.2) is 4.79 Å². The van der Waals surface area contributed by atoms with Crippen molar-refractivity contribution < 1.29 is 9.59 Å². The lowest BCUT2D eigenvalue weighted by atomic mass is 10.0. The Morgan fingerprint density at radius 3 is 2.50 bits per heavy atom. The molecule has 26 heavy (non-hydrogen) atoms. The summed E-state index contributed by atoms with van der Waals surface area (Å²) in [6, 6.07) is 11.9. The zero-order valence-electron chi connectivity index (χ0n) is 15.4. The van der Waals surface area contributed by atoms with Gasteiger partial charge in [-0.05, 0) is 35.4 Å². The fourth-order valence-corrected chi connectivity index (χ4v) is 3.40. The largest absolute Gasteiger partial charge is 0.338 e. The van der Waals surface area contributed by atoms with Crippen LogP contribution in [0.2, 0.25) is 0 Å². The van der Waals surface area contributed by atoms with Gasteiger partial charge in [0.05, 0.1) is 12.6 Å². The molecular formula is C20H27N3O2S. The van der Waals surface area contributed by atoms with E-state index in [0.29, 0.717) is 6.54 Å². The van der Waals surface area contributed by atoms with Gasteiger partial charge in [0.2, 0.25) is 5.91 Å². The molecule has 3 N–H and O–H groups in total. The molecule has 0 unspecified atom stereocenters. The van der Waals surface area contributed by atoms with Crippen molar-refractivity contribution in [2.24, 2.45) is 0 Å². The molecule has 1 heterocycles. The Morgan fingerprint density at radius 1 is 1.12 bits per heavy atom. The van der Waals surface area contributed by atoms with Crippen LogP contribution < -0.4 is 16.0 Å². The first-order chi connectivity index (χ1) is 12.6. The van der Waals surface area contributed by atoms with E-state index in [2.05, 4.69) is 47.1 Å². The highest BCUT2D eigenvalue weighted by Crippen LogP contribution is 2.26. The van der Waals surface area contributed by atoms with Crippen LogP contribution in [0.3, 0.4) is 0 Å². The van der Waals surface area contributed by atoms with E-state index in [1.54, 1.807) is 11.3 Å². The number of urea groups is 1. The first-order valence-electron chi connectivity index (χ1n) is 9.07. The van der Waals surface area contributed by atoms with Gasteiger partial charge in [-0.1, -0.05) is 50.6 Å². The lowest BCUT2D eigenvalue weighted by molar-refractivity contribution is -0.119. The summed E-state index contributed by atoms with van der Waals surface area (Å²) in [4.78, 5) is 24.9. The third-order valence-corrected chi connectivity index (χ3v) is 5.02. The molecule has 3 amide bonds. The monoisotopic (exact) mass is 373 g/mol. The fraction of sp³-hybridized carbons (Fsp3) is 0.400. The summed E-state index contributed by atoms with van der Waals surface area (Å²) in [6.45, 7) is 4.82. The third-order valence-electron chi connectivity index (χ3n) is 4.08. The standard InChI is InChI=1S/C20H27N3O2S/c1-3-5-12-21-20(25)23-18(24)14-22-19(17-7-6-13-26-17)16-10-8-15(4-2)9-11-16/h6-11,13,19,22H,3-5,12,14H2,1-2H3,(H2,21,23,24,25)/t19-/m1/s1. The second-order valence-corrected chi connectivity index (χ2v) is 7.06. The van der Waals surface area contributed by atoms with E-state index in [1.807, 2.05) is 24.4 Å². The van der Waals surface area contributed by atoms with Crippen LogP contribution in [0.4, 0.5) is 4.79 Å². The second kappa shape index (κ2) is 10.7. The number of carbonyl (C=O) groups is 2. The van der Waals surface area contributed by atoms with Gasteiger partial charge in [-0.15, -0.1) is 11.3 Å². The molecule has 0 fully saturated rings. The Bertz CT molecular complexity index is 684. The molecule has 0 aliphatic heterocycles. The number of amides is 3. The number of benzene rings is 1. The molecule has 140 valence electrons. The topological polar surface area (TPSA) is 70.2 Å². The van der Waals surface area contributed by atoms with E-state index in [-0.39, 0.29) is 18.5 Å². The Labute approximate surface area is 159 Å². The number of nitrogens with one attached hydrogen (secondary N) is 3. The SMILES string of the molecule is CCCCNC(=O)NC(=O)CN[C@H](c1ccc(CC)cc1)c1cccs1. The van der Waals surface area contributed by atoms with Crippen LogP contribution in [-0.4, -0.2) is 25.0 Å². The molecule has 2 aromatic rings. The maximum Gasteiger partial charge on any atom is 0.321 e. The highest BCUT2D eigenvalue weighted by atomic mass is 32.1. The van der Waals surface area contributed by atoms with Crippen LogP contribution in [-0.2, 0) is 11.2 Å². The zero-order valence-corrected chi connectivity index (χ0v) is 16.2. The summed E-state index contributed by atoms with van der Waals surface area (Å²) in [6.07, 6.45) is 2.89. The highest BCUT2D eigenvalue weighted by Gasteiger charge is 2.17. The van der Waals surface area contributed by atoms with E-state index in [9.17, 15) is 9.59 Å². The van der Waals surface area contributed by atoms with Crippen molar-refractivity contribution in [2.45, 2.75) is 39.2 Å². The number of thiophene rings is 1. The van der Waals surface area contributed by atoms with Crippen molar-refractivity contribution in [3.05, 3.63) is 57.8 Å². The number of carbonyl (C=O) groups excluding carboxylic acids is 2. The van der Waals surface area contributed by atoms with Gasteiger partial charge in [0.15, 0.2) is 0 Å². The Kier molecular flexibility index (Phi) is 8.31. The van der Waals surface area contributed by atoms with Gasteiger partial charge in [0.1, 0.15) is 0 Å². The number of unbranched alkanes of at least 4 members (excludes halogenated alkanes) is 1. The predicted octanol–water partition coefficient (Wildman–Crippen LogP) is 3.62. The molecule has 2 rings (SSSR count). The number of aryl methyl sites for hydroxylation is 1. The average Bonchev–Trinajstić information content (AvgIpc) is 3.17. The number of hydrogen-bond acceptors (Lipinski definition) is 4. The molecule has 0 radical (unpaired) electrons. The molecule has 0 spiro atoms. The smallest absolute Gasteiger partial charge is 0.321 e. The van der Waals surface area contributed by atoms with E-state index in [4.69, 9.17) is 0 Å². The van der Waals surface area contributed by atoms with E-state index < -0.39 is 6.03 Å². The van der Waals surface area contributed by atoms with Gasteiger partial charge >= 0.3 is 6.03 Å². The molecule has 1 aromatic carbocycles. The molecule has 1 aromatic heterocycles. The first-order valence-corrected chi connectivity index (χ1v) is 9.95. The van der Waals surface area contributed by atoms with Crippen LogP contribution in [0.5, 0.6) is 0 Å². The van der Waals surface area contributed by atoms with Crippen LogP contribution in [0.15, 0.2) is 41.8 Å². The quantitative estimate of drug-likeness (QED) is 0.588. The van der Waals surface area contributed by atoms with Crippen LogP contribution in [0.1, 0.15) is 48.7 Å². The van der Waals surface area contributed by atoms with E-state index >= 15 is 0 Å². The van der Waals surface area contributed by atoms with Crippen LogP contribution in [0, 0.1) is 0 Å². The summed E-state index contributed by atoms with van der Waals surface area (Å²) in [5.74, 6) is -0.342. The minimum Gasteiger partial charge on any atom is -0.338 e. The van der Waals surface area contributed by atoms with Crippen molar-refractivity contribution >= 4 is 23.3 Å². The van der Waals surface area contributed by atoms with Gasteiger partial charge in [0, 0.05) is 11.4 Å². The van der Waals surface area contributed by atoms with E-state index in [0.717, 1.165) is 29.7 Å². The maximum absolute atomic E-state index is 12.1. The Balaban J connectivity index is 1.95. The van der Waals surface area contributed by atoms with Crippen molar-refractivity contribution in [1.82, 2.24) is 16.0 Å². The highest BCUT2D eigenvalue weighted by molar-refractivity contribution is 7.10. The second-order valence-electron chi connectivity index (χ2n) is 6.08. The van der Waals surface area contributed by atoms with Gasteiger partial charge in [-0.3, -0.25) is 15.4 Å². The number of rotatable bonds is 9. The maximum atomic E-state index is 12.1. The summed E-state index contributed by atoms with van der Waals surface area (Å²) < 4.78 is 0. The van der Waals surface area contributed by atoms with Crippen molar-refractivity contribution in [3.63, 3.8) is 0 Å². The lowest BCUT2D eigenvalue weighted by Crippen LogP contribution is -2.44. The first kappa shape index (κ1) is 20.1. The Morgan fingerprint density at radius 2 is 1.88 bits per heavy atom. The predicted molar refractivity (Wildman–Crippen MR) is 106 cm³/mol. The molecule has 1 atom stereocenters.